The first kappa shape index (κ1) is 20.8. The molecule has 1 saturated heterocycles. The molecule has 154 valence electrons. The van der Waals surface area contributed by atoms with Gasteiger partial charge in [0.15, 0.2) is 0 Å². The fraction of sp³-hybridized carbons (Fsp3) is 0.591. The molecule has 2 aliphatic rings. The van der Waals surface area contributed by atoms with Crippen molar-refractivity contribution < 1.29 is 29.6 Å². The lowest BCUT2D eigenvalue weighted by molar-refractivity contribution is -0.138. The normalized spacial score (nSPS) is 31.3. The molecule has 0 bridgehead atoms. The van der Waals surface area contributed by atoms with Crippen molar-refractivity contribution in [2.45, 2.75) is 62.9 Å². The summed E-state index contributed by atoms with van der Waals surface area (Å²) in [7, 11) is 0. The Kier molecular flexibility index (Phi) is 7.48. The van der Waals surface area contributed by atoms with Crippen molar-refractivity contribution in [3.8, 4) is 5.75 Å². The molecule has 3 rings (SSSR count). The third-order valence-corrected chi connectivity index (χ3v) is 5.72. The molecule has 1 unspecified atom stereocenters. The maximum absolute atomic E-state index is 10.8. The molecule has 28 heavy (non-hydrogen) atoms. The molecule has 1 aromatic carbocycles. The Morgan fingerprint density at radius 1 is 1.29 bits per heavy atom. The van der Waals surface area contributed by atoms with Crippen LogP contribution in [0.25, 0.3) is 0 Å². The number of benzene rings is 1. The van der Waals surface area contributed by atoms with Crippen LogP contribution in [0.4, 0.5) is 0 Å². The summed E-state index contributed by atoms with van der Waals surface area (Å²) in [6.45, 7) is 0.158. The van der Waals surface area contributed by atoms with Gasteiger partial charge in [0.2, 0.25) is 0 Å². The van der Waals surface area contributed by atoms with Crippen LogP contribution < -0.4 is 4.74 Å². The number of carboxylic acid groups (broad SMARTS) is 1. The zero-order valence-electron chi connectivity index (χ0n) is 16.0. The Hall–Kier alpha value is -1.89. The summed E-state index contributed by atoms with van der Waals surface area (Å²) in [6, 6.07) is 9.34. The van der Waals surface area contributed by atoms with Crippen molar-refractivity contribution in [3.05, 3.63) is 42.5 Å². The Balaban J connectivity index is 1.52. The van der Waals surface area contributed by atoms with Crippen molar-refractivity contribution in [2.24, 2.45) is 11.8 Å². The van der Waals surface area contributed by atoms with E-state index in [1.807, 2.05) is 36.4 Å². The van der Waals surface area contributed by atoms with Gasteiger partial charge >= 0.3 is 5.97 Å². The van der Waals surface area contributed by atoms with Crippen LogP contribution in [-0.2, 0) is 9.53 Å². The van der Waals surface area contributed by atoms with Crippen molar-refractivity contribution in [1.29, 1.82) is 0 Å². The molecule has 1 heterocycles. The van der Waals surface area contributed by atoms with Gasteiger partial charge in [-0.3, -0.25) is 4.79 Å². The smallest absolute Gasteiger partial charge is 0.303 e. The highest BCUT2D eigenvalue weighted by Crippen LogP contribution is 2.42. The largest absolute Gasteiger partial charge is 0.491 e. The van der Waals surface area contributed by atoms with Crippen LogP contribution in [-0.4, -0.2) is 52.3 Å². The molecule has 3 N–H and O–H groups in total. The van der Waals surface area contributed by atoms with Crippen LogP contribution in [0, 0.1) is 11.8 Å². The van der Waals surface area contributed by atoms with Gasteiger partial charge in [-0.05, 0) is 37.3 Å². The van der Waals surface area contributed by atoms with Crippen LogP contribution >= 0.6 is 0 Å². The SMILES string of the molecule is O=C(O)CC[C@H]1CCC[C@H]2[C@H](CC(O)[C@@H]2/C=C/[C@@H](O)COc2ccccc2)O1. The summed E-state index contributed by atoms with van der Waals surface area (Å²) < 4.78 is 11.7. The predicted molar refractivity (Wildman–Crippen MR) is 104 cm³/mol. The average Bonchev–Trinajstić information content (AvgIpc) is 2.84. The van der Waals surface area contributed by atoms with E-state index >= 15 is 0 Å². The van der Waals surface area contributed by atoms with Gasteiger partial charge in [0.1, 0.15) is 18.5 Å². The molecule has 0 amide bonds. The third-order valence-electron chi connectivity index (χ3n) is 5.72. The second kappa shape index (κ2) is 10.0. The van der Waals surface area contributed by atoms with E-state index in [9.17, 15) is 15.0 Å². The molecular formula is C22H30O6. The molecular weight excluding hydrogens is 360 g/mol. The summed E-state index contributed by atoms with van der Waals surface area (Å²) >= 11 is 0. The number of hydrogen-bond donors (Lipinski definition) is 3. The summed E-state index contributed by atoms with van der Waals surface area (Å²) in [5.41, 5.74) is 0. The number of carboxylic acids is 1. The minimum Gasteiger partial charge on any atom is -0.491 e. The third kappa shape index (κ3) is 5.80. The molecule has 6 atom stereocenters. The van der Waals surface area contributed by atoms with Crippen molar-refractivity contribution in [3.63, 3.8) is 0 Å². The molecule has 1 aliphatic heterocycles. The number of ether oxygens (including phenoxy) is 2. The second-order valence-electron chi connectivity index (χ2n) is 7.78. The Labute approximate surface area is 165 Å². The number of para-hydroxylation sites is 1. The minimum atomic E-state index is -0.802. The van der Waals surface area contributed by atoms with Gasteiger partial charge < -0.3 is 24.8 Å². The Morgan fingerprint density at radius 2 is 2.07 bits per heavy atom. The summed E-state index contributed by atoms with van der Waals surface area (Å²) in [5, 5.41) is 29.6. The Morgan fingerprint density at radius 3 is 2.82 bits per heavy atom. The fourth-order valence-electron chi connectivity index (χ4n) is 4.31. The van der Waals surface area contributed by atoms with E-state index < -0.39 is 18.2 Å². The monoisotopic (exact) mass is 390 g/mol. The molecule has 2 fully saturated rings. The lowest BCUT2D eigenvalue weighted by Crippen LogP contribution is -2.25. The highest BCUT2D eigenvalue weighted by molar-refractivity contribution is 5.66. The van der Waals surface area contributed by atoms with Crippen LogP contribution in [0.15, 0.2) is 42.5 Å². The van der Waals surface area contributed by atoms with Gasteiger partial charge in [0.25, 0.3) is 0 Å². The summed E-state index contributed by atoms with van der Waals surface area (Å²) in [5.74, 6) is 0.0433. The molecule has 6 nitrogen and oxygen atoms in total. The van der Waals surface area contributed by atoms with Crippen LogP contribution in [0.2, 0.25) is 0 Å². The maximum atomic E-state index is 10.8. The van der Waals surface area contributed by atoms with Crippen molar-refractivity contribution in [1.82, 2.24) is 0 Å². The van der Waals surface area contributed by atoms with Gasteiger partial charge in [0, 0.05) is 18.8 Å². The number of rotatable bonds is 8. The number of aliphatic carboxylic acids is 1. The zero-order chi connectivity index (χ0) is 19.9. The van der Waals surface area contributed by atoms with E-state index in [2.05, 4.69) is 0 Å². The standard InChI is InChI=1S/C22H30O6/c23-15(14-27-16-5-2-1-3-6-16)9-11-18-19-8-4-7-17(10-12-22(25)26)28-21(19)13-20(18)24/h1-3,5-6,9,11,15,17-21,23-24H,4,7-8,10,12-14H2,(H,25,26)/b11-9+/t15-,17-,18-,19-,20?,21+/m1/s1. The number of carbonyl (C=O) groups is 1. The fourth-order valence-corrected chi connectivity index (χ4v) is 4.31. The lowest BCUT2D eigenvalue weighted by Gasteiger charge is -2.23. The van der Waals surface area contributed by atoms with E-state index in [4.69, 9.17) is 14.6 Å². The van der Waals surface area contributed by atoms with E-state index in [0.29, 0.717) is 18.6 Å². The molecule has 1 aromatic rings. The number of hydrogen-bond acceptors (Lipinski definition) is 5. The maximum Gasteiger partial charge on any atom is 0.303 e. The first-order valence-corrected chi connectivity index (χ1v) is 10.1. The van der Waals surface area contributed by atoms with Gasteiger partial charge in [-0.2, -0.15) is 0 Å². The average molecular weight is 390 g/mol. The number of aliphatic hydroxyl groups is 2. The van der Waals surface area contributed by atoms with Gasteiger partial charge in [-0.1, -0.05) is 36.8 Å². The first-order chi connectivity index (χ1) is 13.5. The second-order valence-corrected chi connectivity index (χ2v) is 7.78. The van der Waals surface area contributed by atoms with Gasteiger partial charge in [-0.25, -0.2) is 0 Å². The van der Waals surface area contributed by atoms with E-state index in [1.54, 1.807) is 6.08 Å². The highest BCUT2D eigenvalue weighted by atomic mass is 16.5. The molecule has 0 radical (unpaired) electrons. The first-order valence-electron chi connectivity index (χ1n) is 10.1. The summed E-state index contributed by atoms with van der Waals surface area (Å²) in [4.78, 5) is 10.8. The zero-order valence-corrected chi connectivity index (χ0v) is 16.0. The van der Waals surface area contributed by atoms with Crippen molar-refractivity contribution >= 4 is 5.97 Å². The van der Waals surface area contributed by atoms with Crippen LogP contribution in [0.5, 0.6) is 5.75 Å². The van der Waals surface area contributed by atoms with Gasteiger partial charge in [0.05, 0.1) is 18.3 Å². The van der Waals surface area contributed by atoms with Crippen LogP contribution in [0.3, 0.4) is 0 Å². The minimum absolute atomic E-state index is 0.0501. The molecule has 6 heteroatoms. The quantitative estimate of drug-likeness (QED) is 0.591. The van der Waals surface area contributed by atoms with Crippen molar-refractivity contribution in [2.75, 3.05) is 6.61 Å². The predicted octanol–water partition coefficient (Wildman–Crippen LogP) is 2.78. The molecule has 1 aliphatic carbocycles. The highest BCUT2D eigenvalue weighted by Gasteiger charge is 2.43. The number of aliphatic hydroxyl groups excluding tert-OH is 2. The van der Waals surface area contributed by atoms with Gasteiger partial charge in [-0.15, -0.1) is 0 Å². The lowest BCUT2D eigenvalue weighted by atomic mass is 9.88. The molecule has 1 saturated carbocycles. The molecule has 0 spiro atoms. The van der Waals surface area contributed by atoms with Crippen LogP contribution in [0.1, 0.15) is 38.5 Å². The van der Waals surface area contributed by atoms with E-state index in [0.717, 1.165) is 19.3 Å². The summed E-state index contributed by atoms with van der Waals surface area (Å²) in [6.07, 6.45) is 6.19. The number of fused-ring (bicyclic) bond motifs is 1. The van der Waals surface area contributed by atoms with E-state index in [1.165, 1.54) is 0 Å². The topological polar surface area (TPSA) is 96.2 Å². The van der Waals surface area contributed by atoms with E-state index in [-0.39, 0.29) is 37.1 Å². The molecule has 0 aromatic heterocycles. The Bertz CT molecular complexity index is 646.